The molecule has 0 bridgehead atoms. The van der Waals surface area contributed by atoms with Crippen LogP contribution in [-0.4, -0.2) is 116 Å². The number of carbonyl (C=O) groups excluding carboxylic acids is 2. The molecule has 1 aliphatic rings. The summed E-state index contributed by atoms with van der Waals surface area (Å²) in [4.78, 5) is 27.6. The van der Waals surface area contributed by atoms with E-state index in [0.29, 0.717) is 24.6 Å². The summed E-state index contributed by atoms with van der Waals surface area (Å²) in [7, 11) is 14.1. The summed E-state index contributed by atoms with van der Waals surface area (Å²) >= 11 is 0. The Bertz CT molecular complexity index is 1180. The van der Waals surface area contributed by atoms with E-state index in [2.05, 4.69) is 5.32 Å². The van der Waals surface area contributed by atoms with E-state index < -0.39 is 16.3 Å². The summed E-state index contributed by atoms with van der Waals surface area (Å²) in [5, 5.41) is 7.46. The first-order valence-corrected chi connectivity index (χ1v) is 13.8. The minimum Gasteiger partial charge on any atom is -0.444 e. The molecular weight excluding hydrogens is 472 g/mol. The highest BCUT2D eigenvalue weighted by Crippen LogP contribution is 2.26. The lowest BCUT2D eigenvalue weighted by Crippen LogP contribution is -2.70. The molecule has 2 aromatic rings. The molecule has 3 rings (SSSR count). The average molecular weight is 513 g/mol. The largest absolute Gasteiger partial charge is 0.444 e. The maximum atomic E-state index is 13.4. The number of fused-ring (bicyclic) bond motifs is 1. The van der Waals surface area contributed by atoms with Crippen molar-refractivity contribution in [1.82, 2.24) is 20.0 Å². The number of piperidine rings is 1. The van der Waals surface area contributed by atoms with E-state index >= 15 is 0 Å². The first kappa shape index (κ1) is 30.4. The van der Waals surface area contributed by atoms with E-state index in [0.717, 1.165) is 35.9 Å². The van der Waals surface area contributed by atoms with Gasteiger partial charge in [0.1, 0.15) is 60.5 Å². The maximum absolute atomic E-state index is 13.4. The lowest BCUT2D eigenvalue weighted by molar-refractivity contribution is 0.0177. The molecule has 198 valence electrons. The number of likely N-dealkylation sites (tertiary alicyclic amines) is 1. The van der Waals surface area contributed by atoms with Gasteiger partial charge in [-0.15, -0.1) is 0 Å². The van der Waals surface area contributed by atoms with Crippen LogP contribution in [0.4, 0.5) is 4.79 Å². The molecule has 2 amide bonds. The molecule has 0 unspecified atom stereocenters. The van der Waals surface area contributed by atoms with Crippen LogP contribution in [-0.2, 0) is 16.0 Å². The normalized spacial score (nSPS) is 15.9. The molecule has 0 spiro atoms. The van der Waals surface area contributed by atoms with Crippen LogP contribution in [0, 0.1) is 12.8 Å². The predicted molar refractivity (Wildman–Crippen MR) is 172 cm³/mol. The van der Waals surface area contributed by atoms with Gasteiger partial charge in [0.15, 0.2) is 0 Å². The van der Waals surface area contributed by atoms with Crippen molar-refractivity contribution in [2.45, 2.75) is 68.7 Å². The van der Waals surface area contributed by atoms with Gasteiger partial charge in [-0.25, -0.2) is 4.79 Å². The second kappa shape index (κ2) is 10.8. The number of carbonyl (C=O) groups is 2. The van der Waals surface area contributed by atoms with Gasteiger partial charge >= 0.3 is 6.09 Å². The molecule has 1 N–H and O–H groups in total. The van der Waals surface area contributed by atoms with Gasteiger partial charge in [0.2, 0.25) is 0 Å². The number of rotatable bonds is 7. The first-order chi connectivity index (χ1) is 17.3. The van der Waals surface area contributed by atoms with Crippen molar-refractivity contribution in [2.75, 3.05) is 13.1 Å². The highest BCUT2D eigenvalue weighted by Gasteiger charge is 2.41. The van der Waals surface area contributed by atoms with Crippen LogP contribution in [0.15, 0.2) is 18.3 Å². The number of amides is 2. The number of nitrogens with one attached hydrogen (secondary N) is 1. The van der Waals surface area contributed by atoms with E-state index in [9.17, 15) is 9.59 Å². The predicted octanol–water partition coefficient (Wildman–Crippen LogP) is -3.91. The fourth-order valence-corrected chi connectivity index (χ4v) is 4.90. The van der Waals surface area contributed by atoms with Crippen molar-refractivity contribution in [3.05, 3.63) is 29.5 Å². The highest BCUT2D eigenvalue weighted by molar-refractivity contribution is 6.60. The smallest absolute Gasteiger partial charge is 0.410 e. The lowest BCUT2D eigenvalue weighted by Gasteiger charge is -2.47. The van der Waals surface area contributed by atoms with Crippen LogP contribution in [0.25, 0.3) is 10.9 Å². The van der Waals surface area contributed by atoms with Gasteiger partial charge in [-0.1, -0.05) is 0 Å². The molecule has 1 fully saturated rings. The number of benzene rings is 1. The molecule has 1 saturated heterocycles. The fraction of sp³-hybridized carbons (Fsp3) is 0.609. The highest BCUT2D eigenvalue weighted by atomic mass is 16.6. The molecule has 0 saturated carbocycles. The number of ether oxygens (including phenoxy) is 2. The molecule has 0 radical (unpaired) electrons. The Morgan fingerprint density at radius 2 is 1.66 bits per heavy atom. The quantitative estimate of drug-likeness (QED) is 0.383. The Hall–Kier alpha value is -2.16. The first-order valence-electron chi connectivity index (χ1n) is 13.8. The van der Waals surface area contributed by atoms with Gasteiger partial charge in [0, 0.05) is 42.2 Å². The molecule has 15 heteroatoms. The molecule has 1 aromatic carbocycles. The fourth-order valence-electron chi connectivity index (χ4n) is 4.90. The van der Waals surface area contributed by atoms with Gasteiger partial charge in [-0.2, -0.15) is 5.10 Å². The standard InChI is InChI=1S/C23H41B7N4O4/c1-13-15(18(35)31-21(24,25)22(26,27)38-23(28,29)30)5-6-17-16(13)12-34(32-17)11-14-7-9-33(10-8-14)19(36)37-20(2,3)4/h5-6,12,14H,7-11,24-30H2,1-4H3,(H,31,35). The molecule has 38 heavy (non-hydrogen) atoms. The van der Waals surface area contributed by atoms with Crippen molar-refractivity contribution >= 4 is 77.8 Å². The van der Waals surface area contributed by atoms with E-state index in [1.54, 1.807) is 4.90 Å². The van der Waals surface area contributed by atoms with Gasteiger partial charge in [0.25, 0.3) is 5.91 Å². The zero-order valence-corrected chi connectivity index (χ0v) is 25.3. The van der Waals surface area contributed by atoms with Gasteiger partial charge < -0.3 is 19.7 Å². The Morgan fingerprint density at radius 3 is 2.21 bits per heavy atom. The van der Waals surface area contributed by atoms with E-state index in [4.69, 9.17) is 14.6 Å². The van der Waals surface area contributed by atoms with Crippen molar-refractivity contribution < 1.29 is 19.1 Å². The minimum absolute atomic E-state index is 0.123. The molecule has 2 heterocycles. The van der Waals surface area contributed by atoms with Crippen molar-refractivity contribution in [1.29, 1.82) is 0 Å². The number of hydrogen-bond acceptors (Lipinski definition) is 5. The van der Waals surface area contributed by atoms with Crippen LogP contribution in [0.5, 0.6) is 0 Å². The molecule has 1 aromatic heterocycles. The van der Waals surface area contributed by atoms with Crippen molar-refractivity contribution in [3.8, 4) is 0 Å². The topological polar surface area (TPSA) is 85.7 Å². The second-order valence-corrected chi connectivity index (χ2v) is 13.7. The second-order valence-electron chi connectivity index (χ2n) is 13.7. The summed E-state index contributed by atoms with van der Waals surface area (Å²) in [5.41, 5.74) is 1.95. The summed E-state index contributed by atoms with van der Waals surface area (Å²) in [6.07, 6.45) is 3.62. The van der Waals surface area contributed by atoms with Gasteiger partial charge in [-0.3, -0.25) is 9.48 Å². The third kappa shape index (κ3) is 7.48. The third-order valence-electron chi connectivity index (χ3n) is 7.45. The lowest BCUT2D eigenvalue weighted by atomic mass is 9.38. The van der Waals surface area contributed by atoms with E-state index in [1.807, 2.05) is 106 Å². The summed E-state index contributed by atoms with van der Waals surface area (Å²) in [5.74, 6) is 0.305. The number of aromatic nitrogens is 2. The Balaban J connectivity index is 1.68. The van der Waals surface area contributed by atoms with Crippen molar-refractivity contribution in [3.63, 3.8) is 0 Å². The average Bonchev–Trinajstić information content (AvgIpc) is 3.14. The van der Waals surface area contributed by atoms with E-state index in [-0.39, 0.29) is 17.3 Å². The van der Waals surface area contributed by atoms with Crippen molar-refractivity contribution in [2.24, 2.45) is 5.92 Å². The molecule has 1 aliphatic heterocycles. The zero-order chi connectivity index (χ0) is 28.7. The van der Waals surface area contributed by atoms with Gasteiger partial charge in [0.05, 0.1) is 5.52 Å². The molecule has 0 aliphatic carbocycles. The SMILES string of the molecule is BC(B)(B)OC(B)(B)C(B)(B)NC(=O)c1ccc2nn(CC3CCN(C(=O)OC(C)(C)C)CC3)cc2c1C. The summed E-state index contributed by atoms with van der Waals surface area (Å²) in [6.45, 7) is 9.81. The number of aryl methyl sites for hydroxylation is 1. The number of nitrogens with zero attached hydrogens (tertiary/aromatic N) is 3. The molecule has 8 nitrogen and oxygen atoms in total. The van der Waals surface area contributed by atoms with E-state index in [1.165, 1.54) is 0 Å². The maximum Gasteiger partial charge on any atom is 0.410 e. The third-order valence-corrected chi connectivity index (χ3v) is 7.45. The molecule has 0 atom stereocenters. The zero-order valence-electron chi connectivity index (χ0n) is 25.3. The van der Waals surface area contributed by atoms with Crippen LogP contribution in [0.2, 0.25) is 0 Å². The van der Waals surface area contributed by atoms with Crippen LogP contribution in [0.3, 0.4) is 0 Å². The molecular formula is C23H41B7N4O4. The summed E-state index contributed by atoms with van der Waals surface area (Å²) in [6, 6.07) is 3.78. The Labute approximate surface area is 233 Å². The summed E-state index contributed by atoms with van der Waals surface area (Å²) < 4.78 is 13.8. The van der Waals surface area contributed by atoms with Crippen LogP contribution >= 0.6 is 0 Å². The number of hydrogen-bond donors (Lipinski definition) is 1. The minimum atomic E-state index is -0.600. The van der Waals surface area contributed by atoms with Crippen LogP contribution < -0.4 is 5.32 Å². The monoisotopic (exact) mass is 514 g/mol. The van der Waals surface area contributed by atoms with Gasteiger partial charge in [-0.05, 0) is 74.8 Å². The van der Waals surface area contributed by atoms with Crippen LogP contribution in [0.1, 0.15) is 49.5 Å². The Kier molecular flexibility index (Phi) is 8.62. The Morgan fingerprint density at radius 1 is 1.05 bits per heavy atom.